The van der Waals surface area contributed by atoms with Crippen LogP contribution in [0.1, 0.15) is 11.3 Å². The normalized spacial score (nSPS) is 15.0. The number of ether oxygens (including phenoxy) is 1. The Kier molecular flexibility index (Phi) is 3.62. The zero-order chi connectivity index (χ0) is 16.7. The number of nitrogens with two attached hydrogens (primary N) is 1. The number of hydrogen-bond donors (Lipinski definition) is 2. The number of anilines is 1. The summed E-state index contributed by atoms with van der Waals surface area (Å²) in [4.78, 5) is 22.6. The molecule has 9 heteroatoms. The molecule has 0 unspecified atom stereocenters. The van der Waals surface area contributed by atoms with Crippen LogP contribution < -0.4 is 16.0 Å². The number of aromatic nitrogens is 4. The number of halogens is 1. The second kappa shape index (κ2) is 5.81. The number of rotatable bonds is 2. The third-order valence-corrected chi connectivity index (χ3v) is 4.10. The molecule has 1 aliphatic rings. The van der Waals surface area contributed by atoms with Crippen LogP contribution in [0.15, 0.2) is 29.1 Å². The number of nitrogens with one attached hydrogen (secondary N) is 1. The van der Waals surface area contributed by atoms with Crippen LogP contribution in [0.4, 0.5) is 5.95 Å². The molecule has 0 atom stereocenters. The molecule has 0 aliphatic carbocycles. The Balaban J connectivity index is 1.62. The highest BCUT2D eigenvalue weighted by Crippen LogP contribution is 2.26. The summed E-state index contributed by atoms with van der Waals surface area (Å²) < 4.78 is 6.97. The van der Waals surface area contributed by atoms with E-state index in [1.807, 2.05) is 18.2 Å². The van der Waals surface area contributed by atoms with Crippen molar-refractivity contribution in [2.45, 2.75) is 13.1 Å². The molecule has 8 nitrogen and oxygen atoms in total. The molecule has 0 spiro atoms. The predicted octanol–water partition coefficient (Wildman–Crippen LogP) is 1.05. The lowest BCUT2D eigenvalue weighted by molar-refractivity contribution is 0.217. The summed E-state index contributed by atoms with van der Waals surface area (Å²) in [6.07, 6.45) is 0. The van der Waals surface area contributed by atoms with Crippen LogP contribution in [-0.2, 0) is 13.1 Å². The summed E-state index contributed by atoms with van der Waals surface area (Å²) in [5.74, 6) is 1.26. The maximum absolute atomic E-state index is 12.1. The minimum atomic E-state index is -0.242. The van der Waals surface area contributed by atoms with Crippen molar-refractivity contribution < 1.29 is 4.74 Å². The first kappa shape index (κ1) is 15.0. The topological polar surface area (TPSA) is 102 Å². The van der Waals surface area contributed by atoms with Gasteiger partial charge in [-0.15, -0.1) is 0 Å². The van der Waals surface area contributed by atoms with Gasteiger partial charge in [0.1, 0.15) is 12.4 Å². The number of hydrogen-bond acceptors (Lipinski definition) is 6. The van der Waals surface area contributed by atoms with E-state index in [0.29, 0.717) is 30.4 Å². The molecule has 0 fully saturated rings. The van der Waals surface area contributed by atoms with E-state index in [1.54, 1.807) is 0 Å². The van der Waals surface area contributed by atoms with Crippen LogP contribution in [0.3, 0.4) is 0 Å². The number of aromatic amines is 1. The van der Waals surface area contributed by atoms with Gasteiger partial charge in [-0.25, -0.2) is 4.98 Å². The summed E-state index contributed by atoms with van der Waals surface area (Å²) in [7, 11) is 0. The fourth-order valence-electron chi connectivity index (χ4n) is 2.81. The average molecular weight is 347 g/mol. The Morgan fingerprint density at radius 2 is 2.21 bits per heavy atom. The van der Waals surface area contributed by atoms with Crippen molar-refractivity contribution in [3.8, 4) is 5.75 Å². The maximum atomic E-state index is 12.1. The quantitative estimate of drug-likeness (QED) is 0.719. The van der Waals surface area contributed by atoms with E-state index in [1.165, 1.54) is 10.6 Å². The van der Waals surface area contributed by atoms with Gasteiger partial charge in [0.15, 0.2) is 0 Å². The van der Waals surface area contributed by atoms with Crippen molar-refractivity contribution in [1.29, 1.82) is 0 Å². The minimum absolute atomic E-state index is 0.156. The first-order chi connectivity index (χ1) is 11.6. The van der Waals surface area contributed by atoms with Crippen molar-refractivity contribution in [3.05, 3.63) is 50.9 Å². The first-order valence-electron chi connectivity index (χ1n) is 7.46. The van der Waals surface area contributed by atoms with Crippen LogP contribution >= 0.6 is 11.6 Å². The molecule has 24 heavy (non-hydrogen) atoms. The molecule has 1 aromatic carbocycles. The maximum Gasteiger partial charge on any atom is 0.274 e. The molecule has 0 radical (unpaired) electrons. The molecule has 4 rings (SSSR count). The molecule has 124 valence electrons. The van der Waals surface area contributed by atoms with Gasteiger partial charge in [0.05, 0.1) is 5.69 Å². The van der Waals surface area contributed by atoms with Gasteiger partial charge in [0, 0.05) is 36.3 Å². The average Bonchev–Trinajstić information content (AvgIpc) is 2.79. The van der Waals surface area contributed by atoms with Crippen molar-refractivity contribution in [2.24, 2.45) is 0 Å². The molecular formula is C15H15ClN6O2. The molecule has 3 aromatic rings. The number of H-pyrrole nitrogens is 1. The lowest BCUT2D eigenvalue weighted by Crippen LogP contribution is -2.27. The van der Waals surface area contributed by atoms with Gasteiger partial charge in [-0.05, 0) is 18.2 Å². The fraction of sp³-hybridized carbons (Fsp3) is 0.267. The molecule has 0 saturated heterocycles. The van der Waals surface area contributed by atoms with Crippen LogP contribution in [0, 0.1) is 0 Å². The Labute approximate surface area is 141 Å². The van der Waals surface area contributed by atoms with Crippen LogP contribution in [0.25, 0.3) is 5.78 Å². The van der Waals surface area contributed by atoms with Gasteiger partial charge in [0.25, 0.3) is 11.3 Å². The van der Waals surface area contributed by atoms with E-state index in [2.05, 4.69) is 20.0 Å². The highest BCUT2D eigenvalue weighted by molar-refractivity contribution is 6.30. The molecule has 0 amide bonds. The van der Waals surface area contributed by atoms with E-state index < -0.39 is 0 Å². The van der Waals surface area contributed by atoms with E-state index in [-0.39, 0.29) is 17.3 Å². The Bertz CT molecular complexity index is 966. The Morgan fingerprint density at radius 1 is 1.33 bits per heavy atom. The van der Waals surface area contributed by atoms with Gasteiger partial charge >= 0.3 is 0 Å². The van der Waals surface area contributed by atoms with E-state index in [4.69, 9.17) is 22.1 Å². The van der Waals surface area contributed by atoms with Crippen molar-refractivity contribution in [3.63, 3.8) is 0 Å². The molecule has 3 heterocycles. The molecule has 0 bridgehead atoms. The van der Waals surface area contributed by atoms with Gasteiger partial charge in [0.2, 0.25) is 5.95 Å². The van der Waals surface area contributed by atoms with Crippen molar-refractivity contribution in [1.82, 2.24) is 24.5 Å². The SMILES string of the molecule is Nc1nc2nc(CN3CCOc4ccc(Cl)cc4C3)cc(=O)n2[nH]1. The molecule has 3 N–H and O–H groups in total. The van der Waals surface area contributed by atoms with E-state index in [0.717, 1.165) is 17.9 Å². The highest BCUT2D eigenvalue weighted by Gasteiger charge is 2.17. The van der Waals surface area contributed by atoms with Gasteiger partial charge in [-0.3, -0.25) is 14.8 Å². The predicted molar refractivity (Wildman–Crippen MR) is 89.1 cm³/mol. The third-order valence-electron chi connectivity index (χ3n) is 3.87. The first-order valence-corrected chi connectivity index (χ1v) is 7.84. The Morgan fingerprint density at radius 3 is 3.08 bits per heavy atom. The number of nitrogen functional groups attached to an aromatic ring is 1. The smallest absolute Gasteiger partial charge is 0.274 e. The molecule has 2 aromatic heterocycles. The second-order valence-corrected chi connectivity index (χ2v) is 6.08. The zero-order valence-electron chi connectivity index (χ0n) is 12.7. The third kappa shape index (κ3) is 2.81. The monoisotopic (exact) mass is 346 g/mol. The minimum Gasteiger partial charge on any atom is -0.492 e. The summed E-state index contributed by atoms with van der Waals surface area (Å²) >= 11 is 6.07. The van der Waals surface area contributed by atoms with Crippen molar-refractivity contribution in [2.75, 3.05) is 18.9 Å². The molecular weight excluding hydrogens is 332 g/mol. The van der Waals surface area contributed by atoms with Crippen LogP contribution in [0.2, 0.25) is 5.02 Å². The lowest BCUT2D eigenvalue weighted by atomic mass is 10.2. The molecule has 0 saturated carbocycles. The lowest BCUT2D eigenvalue weighted by Gasteiger charge is -2.18. The second-order valence-electron chi connectivity index (χ2n) is 5.64. The van der Waals surface area contributed by atoms with Crippen molar-refractivity contribution >= 4 is 23.3 Å². The van der Waals surface area contributed by atoms with Gasteiger partial charge < -0.3 is 10.5 Å². The standard InChI is InChI=1S/C15H15ClN6O2/c16-10-1-2-12-9(5-10)7-21(3-4-24-12)8-11-6-13(23)22-15(18-11)19-14(17)20-22/h1-2,5-6H,3-4,7-8H2,(H3,17,18,19,20). The number of fused-ring (bicyclic) bond motifs is 2. The number of nitrogens with zero attached hydrogens (tertiary/aromatic N) is 4. The summed E-state index contributed by atoms with van der Waals surface area (Å²) in [5, 5.41) is 3.32. The largest absolute Gasteiger partial charge is 0.492 e. The van der Waals surface area contributed by atoms with Gasteiger partial charge in [-0.2, -0.15) is 9.50 Å². The zero-order valence-corrected chi connectivity index (χ0v) is 13.5. The van der Waals surface area contributed by atoms with E-state index in [9.17, 15) is 4.79 Å². The van der Waals surface area contributed by atoms with Gasteiger partial charge in [-0.1, -0.05) is 11.6 Å². The molecule has 1 aliphatic heterocycles. The highest BCUT2D eigenvalue weighted by atomic mass is 35.5. The van der Waals surface area contributed by atoms with Crippen LogP contribution in [-0.4, -0.2) is 37.6 Å². The van der Waals surface area contributed by atoms with E-state index >= 15 is 0 Å². The summed E-state index contributed by atoms with van der Waals surface area (Å²) in [6.45, 7) is 2.45. The summed E-state index contributed by atoms with van der Waals surface area (Å²) in [6, 6.07) is 7.07. The van der Waals surface area contributed by atoms with Crippen LogP contribution in [0.5, 0.6) is 5.75 Å². The Hall–Kier alpha value is -2.58. The fourth-order valence-corrected chi connectivity index (χ4v) is 3.00. The number of benzene rings is 1. The summed E-state index contributed by atoms with van der Waals surface area (Å²) in [5.41, 5.74) is 6.99.